The molecule has 0 bridgehead atoms. The molecular formula is C14H12O3. The summed E-state index contributed by atoms with van der Waals surface area (Å²) in [5.74, 6) is 1.03. The lowest BCUT2D eigenvalue weighted by atomic mass is 9.85. The Morgan fingerprint density at radius 1 is 1.29 bits per heavy atom. The van der Waals surface area contributed by atoms with Crippen molar-refractivity contribution in [3.63, 3.8) is 0 Å². The van der Waals surface area contributed by atoms with Crippen LogP contribution in [-0.2, 0) is 4.74 Å². The second-order valence-electron chi connectivity index (χ2n) is 4.08. The van der Waals surface area contributed by atoms with E-state index in [4.69, 9.17) is 9.47 Å². The highest BCUT2D eigenvalue weighted by Crippen LogP contribution is 2.36. The van der Waals surface area contributed by atoms with Gasteiger partial charge in [0.1, 0.15) is 23.5 Å². The Morgan fingerprint density at radius 3 is 2.94 bits per heavy atom. The van der Waals surface area contributed by atoms with Crippen LogP contribution >= 0.6 is 0 Å². The quantitative estimate of drug-likeness (QED) is 0.740. The zero-order valence-corrected chi connectivity index (χ0v) is 9.42. The number of rotatable bonds is 1. The third-order valence-electron chi connectivity index (χ3n) is 3.13. The predicted molar refractivity (Wildman–Crippen MR) is 62.9 cm³/mol. The van der Waals surface area contributed by atoms with Gasteiger partial charge in [0.15, 0.2) is 5.78 Å². The number of allylic oxidation sites excluding steroid dienone is 2. The van der Waals surface area contributed by atoms with Gasteiger partial charge in [-0.2, -0.15) is 0 Å². The molecule has 1 aliphatic carbocycles. The topological polar surface area (TPSA) is 35.5 Å². The number of Topliss-reactive ketones (excluding diaryl/α,β-unsaturated/α-hetero) is 1. The second kappa shape index (κ2) is 3.77. The Morgan fingerprint density at radius 2 is 2.12 bits per heavy atom. The summed E-state index contributed by atoms with van der Waals surface area (Å²) in [6.45, 7) is 0. The fourth-order valence-electron chi connectivity index (χ4n) is 2.30. The highest BCUT2D eigenvalue weighted by Gasteiger charge is 2.40. The summed E-state index contributed by atoms with van der Waals surface area (Å²) in [6.07, 6.45) is 5.32. The van der Waals surface area contributed by atoms with E-state index in [1.807, 2.05) is 36.4 Å². The smallest absolute Gasteiger partial charge is 0.181 e. The number of ketones is 1. The molecule has 0 N–H and O–H groups in total. The zero-order chi connectivity index (χ0) is 11.8. The highest BCUT2D eigenvalue weighted by atomic mass is 16.5. The minimum Gasteiger partial charge on any atom is -0.500 e. The summed E-state index contributed by atoms with van der Waals surface area (Å²) < 4.78 is 11.1. The van der Waals surface area contributed by atoms with Crippen molar-refractivity contribution >= 4 is 5.78 Å². The molecule has 1 aromatic carbocycles. The number of hydrogen-bond donors (Lipinski definition) is 0. The number of carbonyl (C=O) groups excluding carboxylic acids is 1. The van der Waals surface area contributed by atoms with Gasteiger partial charge in [0.05, 0.1) is 12.7 Å². The van der Waals surface area contributed by atoms with Crippen LogP contribution in [0.4, 0.5) is 0 Å². The van der Waals surface area contributed by atoms with E-state index < -0.39 is 0 Å². The Labute approximate surface area is 99.3 Å². The molecule has 2 aliphatic rings. The van der Waals surface area contributed by atoms with Crippen molar-refractivity contribution in [3.8, 4) is 5.75 Å². The van der Waals surface area contributed by atoms with Crippen molar-refractivity contribution in [1.82, 2.24) is 0 Å². The summed E-state index contributed by atoms with van der Waals surface area (Å²) >= 11 is 0. The lowest BCUT2D eigenvalue weighted by Gasteiger charge is -2.32. The first-order valence-electron chi connectivity index (χ1n) is 5.53. The van der Waals surface area contributed by atoms with Crippen LogP contribution in [0.15, 0.2) is 48.3 Å². The fraction of sp³-hybridized carbons (Fsp3) is 0.214. The molecule has 3 heteroatoms. The molecule has 1 aromatic rings. The zero-order valence-electron chi connectivity index (χ0n) is 9.42. The number of methoxy groups -OCH3 is 1. The number of fused-ring (bicyclic) bond motifs is 2. The first-order valence-corrected chi connectivity index (χ1v) is 5.53. The summed E-state index contributed by atoms with van der Waals surface area (Å²) in [6, 6.07) is 7.32. The standard InChI is InChI=1S/C14H12O3/c1-16-11-7-4-8-12-13(11)14(15)9-5-2-3-6-10(9)17-12/h2-8,12-13H,1H3/t12-,13-/m0/s1. The van der Waals surface area contributed by atoms with Crippen LogP contribution in [0, 0.1) is 5.92 Å². The average Bonchev–Trinajstić information content (AvgIpc) is 2.38. The number of para-hydroxylation sites is 1. The fourth-order valence-corrected chi connectivity index (χ4v) is 2.30. The van der Waals surface area contributed by atoms with Crippen LogP contribution in [0.5, 0.6) is 5.75 Å². The SMILES string of the molecule is COC1=CC=C[C@@H]2Oc3ccccc3C(=O)[C@@H]12. The van der Waals surface area contributed by atoms with Crippen LogP contribution in [0.3, 0.4) is 0 Å². The molecule has 1 aliphatic heterocycles. The Kier molecular flexibility index (Phi) is 2.25. The molecule has 17 heavy (non-hydrogen) atoms. The van der Waals surface area contributed by atoms with Crippen LogP contribution in [0.2, 0.25) is 0 Å². The molecule has 3 rings (SSSR count). The van der Waals surface area contributed by atoms with Crippen LogP contribution in [-0.4, -0.2) is 19.0 Å². The summed E-state index contributed by atoms with van der Waals surface area (Å²) in [5, 5.41) is 0. The summed E-state index contributed by atoms with van der Waals surface area (Å²) in [4.78, 5) is 12.4. The number of carbonyl (C=O) groups is 1. The van der Waals surface area contributed by atoms with E-state index >= 15 is 0 Å². The van der Waals surface area contributed by atoms with Gasteiger partial charge >= 0.3 is 0 Å². The molecule has 1 heterocycles. The maximum Gasteiger partial charge on any atom is 0.181 e. The maximum absolute atomic E-state index is 12.4. The van der Waals surface area contributed by atoms with Crippen LogP contribution in [0.25, 0.3) is 0 Å². The Bertz CT molecular complexity index is 528. The molecule has 86 valence electrons. The van der Waals surface area contributed by atoms with Gasteiger partial charge in [-0.05, 0) is 24.3 Å². The molecular weight excluding hydrogens is 216 g/mol. The van der Waals surface area contributed by atoms with Crippen LogP contribution < -0.4 is 4.74 Å². The molecule has 0 radical (unpaired) electrons. The van der Waals surface area contributed by atoms with E-state index in [2.05, 4.69) is 0 Å². The third kappa shape index (κ3) is 1.46. The van der Waals surface area contributed by atoms with Crippen molar-refractivity contribution in [2.75, 3.05) is 7.11 Å². The van der Waals surface area contributed by atoms with Gasteiger partial charge < -0.3 is 9.47 Å². The minimum absolute atomic E-state index is 0.0642. The molecule has 0 spiro atoms. The molecule has 0 amide bonds. The molecule has 0 unspecified atom stereocenters. The van der Waals surface area contributed by atoms with E-state index in [9.17, 15) is 4.79 Å². The average molecular weight is 228 g/mol. The minimum atomic E-state index is -0.347. The second-order valence-corrected chi connectivity index (χ2v) is 4.08. The van der Waals surface area contributed by atoms with Gasteiger partial charge in [0.25, 0.3) is 0 Å². The van der Waals surface area contributed by atoms with Gasteiger partial charge in [-0.3, -0.25) is 4.79 Å². The largest absolute Gasteiger partial charge is 0.500 e. The molecule has 3 nitrogen and oxygen atoms in total. The lowest BCUT2D eigenvalue weighted by molar-refractivity contribution is 0.0697. The van der Waals surface area contributed by atoms with Crippen molar-refractivity contribution in [2.24, 2.45) is 5.92 Å². The van der Waals surface area contributed by atoms with E-state index in [0.717, 1.165) is 0 Å². The van der Waals surface area contributed by atoms with E-state index in [1.54, 1.807) is 13.2 Å². The van der Waals surface area contributed by atoms with Crippen molar-refractivity contribution in [1.29, 1.82) is 0 Å². The van der Waals surface area contributed by atoms with Crippen molar-refractivity contribution in [2.45, 2.75) is 6.10 Å². The molecule has 0 saturated carbocycles. The maximum atomic E-state index is 12.4. The number of hydrogen-bond acceptors (Lipinski definition) is 3. The first kappa shape index (κ1) is 10.1. The van der Waals surface area contributed by atoms with E-state index in [1.165, 1.54) is 0 Å². The van der Waals surface area contributed by atoms with Crippen molar-refractivity contribution < 1.29 is 14.3 Å². The lowest BCUT2D eigenvalue weighted by Crippen LogP contribution is -2.39. The summed E-state index contributed by atoms with van der Waals surface area (Å²) in [7, 11) is 1.58. The van der Waals surface area contributed by atoms with E-state index in [0.29, 0.717) is 17.1 Å². The van der Waals surface area contributed by atoms with Gasteiger partial charge in [-0.1, -0.05) is 18.2 Å². The monoisotopic (exact) mass is 228 g/mol. The van der Waals surface area contributed by atoms with Gasteiger partial charge in [0, 0.05) is 0 Å². The summed E-state index contributed by atoms with van der Waals surface area (Å²) in [5.41, 5.74) is 0.631. The normalized spacial score (nSPS) is 25.5. The van der Waals surface area contributed by atoms with E-state index in [-0.39, 0.29) is 17.8 Å². The van der Waals surface area contributed by atoms with Crippen LogP contribution in [0.1, 0.15) is 10.4 Å². The molecule has 0 aromatic heterocycles. The molecule has 0 fully saturated rings. The first-order chi connectivity index (χ1) is 8.31. The molecule has 0 saturated heterocycles. The third-order valence-corrected chi connectivity index (χ3v) is 3.13. The van der Waals surface area contributed by atoms with Gasteiger partial charge in [-0.25, -0.2) is 0 Å². The predicted octanol–water partition coefficient (Wildman–Crippen LogP) is 2.35. The Hall–Kier alpha value is -2.03. The highest BCUT2D eigenvalue weighted by molar-refractivity contribution is 6.03. The number of ether oxygens (including phenoxy) is 2. The molecule has 2 atom stereocenters. The van der Waals surface area contributed by atoms with Gasteiger partial charge in [-0.15, -0.1) is 0 Å². The van der Waals surface area contributed by atoms with Crippen molar-refractivity contribution in [3.05, 3.63) is 53.8 Å². The van der Waals surface area contributed by atoms with Gasteiger partial charge in [0.2, 0.25) is 0 Å². The Balaban J connectivity index is 2.08. The number of benzene rings is 1.